The molecule has 1 aliphatic rings. The van der Waals surface area contributed by atoms with Crippen molar-refractivity contribution in [3.05, 3.63) is 98.7 Å². The Kier molecular flexibility index (Phi) is 5.92. The molecule has 0 amide bonds. The normalized spacial score (nSPS) is 15.4. The summed E-state index contributed by atoms with van der Waals surface area (Å²) in [5.41, 5.74) is 1.41. The predicted octanol–water partition coefficient (Wildman–Crippen LogP) is 3.64. The van der Waals surface area contributed by atoms with Crippen LogP contribution in [0, 0.1) is 0 Å². The van der Waals surface area contributed by atoms with Gasteiger partial charge in [0.1, 0.15) is 5.39 Å². The third kappa shape index (κ3) is 4.01. The Morgan fingerprint density at radius 2 is 1.87 bits per heavy atom. The van der Waals surface area contributed by atoms with Crippen LogP contribution in [0.1, 0.15) is 28.8 Å². The zero-order valence-electron chi connectivity index (χ0n) is 20.8. The fraction of sp³-hybridized carbons (Fsp3) is 0.241. The zero-order chi connectivity index (χ0) is 26.4. The maximum absolute atomic E-state index is 13.6. The quantitative estimate of drug-likeness (QED) is 0.374. The number of aromatic nitrogens is 4. The average Bonchev–Trinajstić information content (AvgIpc) is 3.58. The fourth-order valence-corrected chi connectivity index (χ4v) is 5.32. The highest BCUT2D eigenvalue weighted by atomic mass is 16.5. The van der Waals surface area contributed by atoms with Crippen molar-refractivity contribution in [2.45, 2.75) is 32.0 Å². The second-order valence-electron chi connectivity index (χ2n) is 9.62. The molecule has 0 radical (unpaired) electrons. The number of carboxylic acids is 1. The summed E-state index contributed by atoms with van der Waals surface area (Å²) < 4.78 is 10.1. The molecule has 38 heavy (non-hydrogen) atoms. The third-order valence-corrected chi connectivity index (χ3v) is 7.22. The number of aromatic carboxylic acids is 1. The lowest BCUT2D eigenvalue weighted by Gasteiger charge is -2.13. The van der Waals surface area contributed by atoms with Crippen LogP contribution >= 0.6 is 0 Å². The number of nitrogens with zero attached hydrogens (tertiary/aromatic N) is 4. The van der Waals surface area contributed by atoms with Crippen LogP contribution in [-0.2, 0) is 24.9 Å². The van der Waals surface area contributed by atoms with Gasteiger partial charge in [-0.25, -0.2) is 9.59 Å². The van der Waals surface area contributed by atoms with E-state index in [0.717, 1.165) is 33.7 Å². The van der Waals surface area contributed by atoms with Gasteiger partial charge in [-0.2, -0.15) is 5.10 Å². The first-order valence-electron chi connectivity index (χ1n) is 12.5. The van der Waals surface area contributed by atoms with E-state index in [4.69, 9.17) is 9.84 Å². The molecule has 3 heterocycles. The Morgan fingerprint density at radius 3 is 2.66 bits per heavy atom. The van der Waals surface area contributed by atoms with E-state index in [9.17, 15) is 19.5 Å². The highest BCUT2D eigenvalue weighted by molar-refractivity contribution is 5.94. The Hall–Kier alpha value is -4.50. The topological polar surface area (TPSA) is 108 Å². The monoisotopic (exact) mass is 510 g/mol. The maximum Gasteiger partial charge on any atom is 0.335 e. The second-order valence-corrected chi connectivity index (χ2v) is 9.62. The molecule has 0 aliphatic carbocycles. The molecule has 1 fully saturated rings. The molecule has 1 atom stereocenters. The molecular formula is C29H26N4O5. The van der Waals surface area contributed by atoms with Gasteiger partial charge in [0.15, 0.2) is 5.65 Å². The van der Waals surface area contributed by atoms with Crippen molar-refractivity contribution < 1.29 is 14.6 Å². The predicted molar refractivity (Wildman–Crippen MR) is 144 cm³/mol. The van der Waals surface area contributed by atoms with E-state index >= 15 is 0 Å². The average molecular weight is 511 g/mol. The van der Waals surface area contributed by atoms with Gasteiger partial charge >= 0.3 is 11.7 Å². The van der Waals surface area contributed by atoms with Crippen molar-refractivity contribution in [3.63, 3.8) is 0 Å². The van der Waals surface area contributed by atoms with Crippen LogP contribution in [0.3, 0.4) is 0 Å². The molecule has 1 saturated heterocycles. The first kappa shape index (κ1) is 23.9. The lowest BCUT2D eigenvalue weighted by molar-refractivity contribution is 0.0697. The van der Waals surface area contributed by atoms with Crippen LogP contribution in [-0.4, -0.2) is 42.7 Å². The lowest BCUT2D eigenvalue weighted by atomic mass is 10.0. The van der Waals surface area contributed by atoms with Crippen molar-refractivity contribution in [1.29, 1.82) is 0 Å². The largest absolute Gasteiger partial charge is 0.478 e. The van der Waals surface area contributed by atoms with Crippen molar-refractivity contribution in [2.75, 3.05) is 6.61 Å². The molecule has 5 aromatic rings. The Balaban J connectivity index is 1.64. The molecule has 9 nitrogen and oxygen atoms in total. The number of fused-ring (bicyclic) bond motifs is 2. The number of carbonyl (C=O) groups is 1. The van der Waals surface area contributed by atoms with Crippen molar-refractivity contribution in [1.82, 2.24) is 18.9 Å². The minimum Gasteiger partial charge on any atom is -0.478 e. The number of rotatable bonds is 6. The van der Waals surface area contributed by atoms with E-state index in [1.165, 1.54) is 23.7 Å². The number of carboxylic acid groups (broad SMARTS) is 1. The summed E-state index contributed by atoms with van der Waals surface area (Å²) in [6.45, 7) is 1.24. The van der Waals surface area contributed by atoms with E-state index in [1.807, 2.05) is 42.5 Å². The van der Waals surface area contributed by atoms with Gasteiger partial charge in [0.05, 0.1) is 30.5 Å². The van der Waals surface area contributed by atoms with E-state index in [0.29, 0.717) is 24.4 Å². The van der Waals surface area contributed by atoms with Crippen LogP contribution in [0.2, 0.25) is 0 Å². The fourth-order valence-electron chi connectivity index (χ4n) is 5.32. The van der Waals surface area contributed by atoms with Gasteiger partial charge in [-0.05, 0) is 41.3 Å². The Bertz CT molecular complexity index is 1820. The summed E-state index contributed by atoms with van der Waals surface area (Å²) in [7, 11) is 1.45. The molecule has 1 unspecified atom stereocenters. The number of benzene rings is 3. The molecule has 9 heteroatoms. The van der Waals surface area contributed by atoms with Crippen LogP contribution in [0.15, 0.2) is 76.3 Å². The maximum atomic E-state index is 13.6. The van der Waals surface area contributed by atoms with Gasteiger partial charge in [-0.15, -0.1) is 0 Å². The van der Waals surface area contributed by atoms with Crippen LogP contribution in [0.5, 0.6) is 0 Å². The van der Waals surface area contributed by atoms with Gasteiger partial charge in [-0.1, -0.05) is 54.6 Å². The summed E-state index contributed by atoms with van der Waals surface area (Å²) in [6, 6.07) is 20.5. The number of ether oxygens (including phenoxy) is 1. The van der Waals surface area contributed by atoms with Crippen molar-refractivity contribution in [2.24, 2.45) is 7.05 Å². The number of hydrogen-bond acceptors (Lipinski definition) is 5. The minimum atomic E-state index is -1.07. The molecule has 0 saturated carbocycles. The second kappa shape index (κ2) is 9.42. The molecule has 2 aromatic heterocycles. The summed E-state index contributed by atoms with van der Waals surface area (Å²) in [6.07, 6.45) is 1.59. The molecule has 192 valence electrons. The highest BCUT2D eigenvalue weighted by Gasteiger charge is 2.25. The van der Waals surface area contributed by atoms with E-state index in [-0.39, 0.29) is 29.2 Å². The van der Waals surface area contributed by atoms with E-state index in [1.54, 1.807) is 16.8 Å². The van der Waals surface area contributed by atoms with Gasteiger partial charge < -0.3 is 9.84 Å². The number of hydrogen-bond donors (Lipinski definition) is 1. The molecular weight excluding hydrogens is 484 g/mol. The lowest BCUT2D eigenvalue weighted by Crippen LogP contribution is -2.39. The smallest absolute Gasteiger partial charge is 0.335 e. The SMILES string of the molecule is Cn1c(=O)c2c(-c3cccc(C(=O)O)c3)n(Cc3cccc4ccccc34)nc2n(CC2CCCO2)c1=O. The molecule has 6 rings (SSSR count). The molecule has 1 N–H and O–H groups in total. The van der Waals surface area contributed by atoms with Crippen LogP contribution in [0.25, 0.3) is 33.1 Å². The van der Waals surface area contributed by atoms with Gasteiger partial charge in [0.2, 0.25) is 0 Å². The Morgan fingerprint density at radius 1 is 1.08 bits per heavy atom. The molecule has 1 aliphatic heterocycles. The van der Waals surface area contributed by atoms with Gasteiger partial charge in [0, 0.05) is 19.2 Å². The molecule has 3 aromatic carbocycles. The van der Waals surface area contributed by atoms with Gasteiger partial charge in [-0.3, -0.25) is 18.6 Å². The standard InChI is InChI=1S/C29H26N4O5/c1-31-27(34)24-25(19-9-5-10-20(15-19)28(35)36)33(16-21-11-4-8-18-7-2-3-13-23(18)21)30-26(24)32(29(31)37)17-22-12-6-14-38-22/h2-5,7-11,13,15,22H,6,12,14,16-17H2,1H3,(H,35,36). The first-order valence-corrected chi connectivity index (χ1v) is 12.5. The summed E-state index contributed by atoms with van der Waals surface area (Å²) in [4.78, 5) is 38.6. The summed E-state index contributed by atoms with van der Waals surface area (Å²) in [5.74, 6) is -1.07. The van der Waals surface area contributed by atoms with E-state index in [2.05, 4.69) is 0 Å². The molecule has 0 bridgehead atoms. The van der Waals surface area contributed by atoms with Crippen molar-refractivity contribution >= 4 is 27.8 Å². The zero-order valence-corrected chi connectivity index (χ0v) is 20.8. The minimum absolute atomic E-state index is 0.0954. The highest BCUT2D eigenvalue weighted by Crippen LogP contribution is 2.29. The Labute approximate surface area is 217 Å². The van der Waals surface area contributed by atoms with Crippen molar-refractivity contribution in [3.8, 4) is 11.3 Å². The van der Waals surface area contributed by atoms with Crippen LogP contribution in [0.4, 0.5) is 0 Å². The first-order chi connectivity index (χ1) is 18.4. The molecule has 0 spiro atoms. The van der Waals surface area contributed by atoms with Gasteiger partial charge in [0.25, 0.3) is 5.56 Å². The van der Waals surface area contributed by atoms with E-state index < -0.39 is 17.2 Å². The van der Waals surface area contributed by atoms with Crippen LogP contribution < -0.4 is 11.2 Å². The summed E-state index contributed by atoms with van der Waals surface area (Å²) in [5, 5.41) is 16.9. The summed E-state index contributed by atoms with van der Waals surface area (Å²) >= 11 is 0. The third-order valence-electron chi connectivity index (χ3n) is 7.22.